The molecule has 0 radical (unpaired) electrons. The zero-order valence-electron chi connectivity index (χ0n) is 16.4. The molecule has 3 rings (SSSR count). The van der Waals surface area contributed by atoms with Crippen LogP contribution in [0.4, 0.5) is 5.69 Å². The molecule has 1 aliphatic carbocycles. The van der Waals surface area contributed by atoms with Crippen LogP contribution in [0, 0.1) is 11.8 Å². The third-order valence-corrected chi connectivity index (χ3v) is 5.38. The van der Waals surface area contributed by atoms with Crippen LogP contribution in [-0.4, -0.2) is 48.7 Å². The molecule has 1 aromatic carbocycles. The molecule has 2 atom stereocenters. The van der Waals surface area contributed by atoms with Crippen LogP contribution in [0.3, 0.4) is 0 Å². The molecule has 1 saturated heterocycles. The van der Waals surface area contributed by atoms with E-state index < -0.39 is 11.8 Å². The molecule has 0 spiro atoms. The van der Waals surface area contributed by atoms with E-state index in [1.54, 1.807) is 31.4 Å². The molecule has 0 bridgehead atoms. The molecule has 9 nitrogen and oxygen atoms in total. The van der Waals surface area contributed by atoms with Crippen molar-refractivity contribution in [3.8, 4) is 5.75 Å². The van der Waals surface area contributed by atoms with Crippen molar-refractivity contribution in [1.29, 1.82) is 0 Å². The smallest absolute Gasteiger partial charge is 0.257 e. The summed E-state index contributed by atoms with van der Waals surface area (Å²) in [7, 11) is 1.57. The summed E-state index contributed by atoms with van der Waals surface area (Å²) in [5.74, 6) is -0.945. The number of anilines is 1. The minimum atomic E-state index is -0.460. The van der Waals surface area contributed by atoms with E-state index in [1.807, 2.05) is 0 Å². The maximum atomic E-state index is 12.4. The number of benzene rings is 1. The summed E-state index contributed by atoms with van der Waals surface area (Å²) in [4.78, 5) is 49.8. The average Bonchev–Trinajstić information content (AvgIpc) is 2.99. The van der Waals surface area contributed by atoms with Crippen LogP contribution in [-0.2, 0) is 19.2 Å². The molecule has 9 heteroatoms. The quantitative estimate of drug-likeness (QED) is 0.459. The Hall–Kier alpha value is -3.10. The Morgan fingerprint density at radius 2 is 1.59 bits per heavy atom. The van der Waals surface area contributed by atoms with E-state index in [2.05, 4.69) is 16.2 Å². The number of methoxy groups -OCH3 is 1. The Kier molecular flexibility index (Phi) is 6.69. The fourth-order valence-electron chi connectivity index (χ4n) is 3.80. The second kappa shape index (κ2) is 9.40. The first-order valence-corrected chi connectivity index (χ1v) is 9.80. The van der Waals surface area contributed by atoms with Gasteiger partial charge in [-0.05, 0) is 37.1 Å². The molecule has 156 valence electrons. The molecule has 1 aromatic rings. The SMILES string of the molecule is COc1ccc(NCC(=O)NNC(=O)CCN2C(=O)C3CCCCC3C2=O)cc1. The van der Waals surface area contributed by atoms with Gasteiger partial charge in [-0.2, -0.15) is 0 Å². The number of nitrogens with one attached hydrogen (secondary N) is 3. The standard InChI is InChI=1S/C20H26N4O5/c1-29-14-8-6-13(7-9-14)21-12-18(26)23-22-17(25)10-11-24-19(27)15-4-2-3-5-16(15)20(24)28/h6-9,15-16,21H,2-5,10-12H2,1H3,(H,22,25)(H,23,26). The van der Waals surface area contributed by atoms with Gasteiger partial charge in [-0.1, -0.05) is 12.8 Å². The number of amides is 4. The summed E-state index contributed by atoms with van der Waals surface area (Å²) in [5, 5.41) is 2.92. The van der Waals surface area contributed by atoms with E-state index in [0.717, 1.165) is 31.4 Å². The lowest BCUT2D eigenvalue weighted by Crippen LogP contribution is -2.45. The van der Waals surface area contributed by atoms with Crippen molar-refractivity contribution in [3.05, 3.63) is 24.3 Å². The van der Waals surface area contributed by atoms with Crippen molar-refractivity contribution in [2.75, 3.05) is 25.5 Å². The largest absolute Gasteiger partial charge is 0.497 e. The highest BCUT2D eigenvalue weighted by Gasteiger charge is 2.47. The van der Waals surface area contributed by atoms with Crippen LogP contribution < -0.4 is 20.9 Å². The lowest BCUT2D eigenvalue weighted by molar-refractivity contribution is -0.140. The van der Waals surface area contributed by atoms with E-state index >= 15 is 0 Å². The molecule has 1 heterocycles. The van der Waals surface area contributed by atoms with Crippen molar-refractivity contribution in [2.45, 2.75) is 32.1 Å². The number of hydrogen-bond acceptors (Lipinski definition) is 6. The highest BCUT2D eigenvalue weighted by atomic mass is 16.5. The third kappa shape index (κ3) is 5.04. The van der Waals surface area contributed by atoms with Crippen LogP contribution >= 0.6 is 0 Å². The van der Waals surface area contributed by atoms with Crippen molar-refractivity contribution in [3.63, 3.8) is 0 Å². The molecular formula is C20H26N4O5. The van der Waals surface area contributed by atoms with Gasteiger partial charge in [0.2, 0.25) is 17.7 Å². The van der Waals surface area contributed by atoms with E-state index in [1.165, 1.54) is 4.90 Å². The lowest BCUT2D eigenvalue weighted by Gasteiger charge is -2.19. The van der Waals surface area contributed by atoms with Gasteiger partial charge in [0.1, 0.15) is 5.75 Å². The summed E-state index contributed by atoms with van der Waals surface area (Å²) in [5.41, 5.74) is 5.35. The normalized spacial score (nSPS) is 20.8. The van der Waals surface area contributed by atoms with Gasteiger partial charge in [-0.3, -0.25) is 34.9 Å². The van der Waals surface area contributed by atoms with Crippen molar-refractivity contribution in [2.24, 2.45) is 11.8 Å². The first-order chi connectivity index (χ1) is 14.0. The topological polar surface area (TPSA) is 117 Å². The predicted molar refractivity (Wildman–Crippen MR) is 105 cm³/mol. The van der Waals surface area contributed by atoms with Crippen molar-refractivity contribution >= 4 is 29.3 Å². The molecule has 1 aliphatic heterocycles. The number of fused-ring (bicyclic) bond motifs is 1. The van der Waals surface area contributed by atoms with Gasteiger partial charge in [-0.25, -0.2) is 0 Å². The third-order valence-electron chi connectivity index (χ3n) is 5.38. The number of imide groups is 1. The maximum absolute atomic E-state index is 12.4. The Balaban J connectivity index is 1.36. The second-order valence-corrected chi connectivity index (χ2v) is 7.25. The van der Waals surface area contributed by atoms with Crippen LogP contribution in [0.2, 0.25) is 0 Å². The fourth-order valence-corrected chi connectivity index (χ4v) is 3.80. The molecule has 3 N–H and O–H groups in total. The summed E-state index contributed by atoms with van der Waals surface area (Å²) in [6.07, 6.45) is 3.36. The zero-order valence-corrected chi connectivity index (χ0v) is 16.4. The van der Waals surface area contributed by atoms with Crippen LogP contribution in [0.1, 0.15) is 32.1 Å². The number of likely N-dealkylation sites (tertiary alicyclic amines) is 1. The minimum absolute atomic E-state index is 0.0287. The highest BCUT2D eigenvalue weighted by molar-refractivity contribution is 6.05. The number of nitrogens with zero attached hydrogens (tertiary/aromatic N) is 1. The molecule has 0 aromatic heterocycles. The van der Waals surface area contributed by atoms with Crippen molar-refractivity contribution < 1.29 is 23.9 Å². The molecule has 1 saturated carbocycles. The number of carbonyl (C=O) groups is 4. The summed E-state index contributed by atoms with van der Waals surface area (Å²) < 4.78 is 5.06. The van der Waals surface area contributed by atoms with Gasteiger partial charge in [-0.15, -0.1) is 0 Å². The molecule has 4 amide bonds. The van der Waals surface area contributed by atoms with Gasteiger partial charge in [0.05, 0.1) is 25.5 Å². The summed E-state index contributed by atoms with van der Waals surface area (Å²) in [6.45, 7) is 0.00946. The Morgan fingerprint density at radius 3 is 2.17 bits per heavy atom. The van der Waals surface area contributed by atoms with E-state index in [0.29, 0.717) is 5.75 Å². The minimum Gasteiger partial charge on any atom is -0.497 e. The van der Waals surface area contributed by atoms with Crippen LogP contribution in [0.5, 0.6) is 5.75 Å². The molecule has 29 heavy (non-hydrogen) atoms. The number of rotatable bonds is 7. The second-order valence-electron chi connectivity index (χ2n) is 7.25. The summed E-state index contributed by atoms with van der Waals surface area (Å²) in [6, 6.07) is 7.07. The molecule has 2 aliphatic rings. The first-order valence-electron chi connectivity index (χ1n) is 9.80. The number of hydrogen-bond donors (Lipinski definition) is 3. The van der Waals surface area contributed by atoms with Gasteiger partial charge in [0.15, 0.2) is 0 Å². The summed E-state index contributed by atoms with van der Waals surface area (Å²) >= 11 is 0. The maximum Gasteiger partial charge on any atom is 0.257 e. The zero-order chi connectivity index (χ0) is 20.8. The van der Waals surface area contributed by atoms with Crippen LogP contribution in [0.25, 0.3) is 0 Å². The van der Waals surface area contributed by atoms with E-state index in [-0.39, 0.29) is 43.2 Å². The van der Waals surface area contributed by atoms with Gasteiger partial charge < -0.3 is 10.1 Å². The fraction of sp³-hybridized carbons (Fsp3) is 0.500. The number of hydrazine groups is 1. The average molecular weight is 402 g/mol. The number of ether oxygens (including phenoxy) is 1. The van der Waals surface area contributed by atoms with Crippen molar-refractivity contribution in [1.82, 2.24) is 15.8 Å². The Morgan fingerprint density at radius 1 is 1.00 bits per heavy atom. The number of carbonyl (C=O) groups excluding carboxylic acids is 4. The Labute approximate surface area is 169 Å². The monoisotopic (exact) mass is 402 g/mol. The molecular weight excluding hydrogens is 376 g/mol. The Bertz CT molecular complexity index is 756. The van der Waals surface area contributed by atoms with E-state index in [9.17, 15) is 19.2 Å². The van der Waals surface area contributed by atoms with E-state index in [4.69, 9.17) is 4.74 Å². The predicted octanol–water partition coefficient (Wildman–Crippen LogP) is 0.820. The van der Waals surface area contributed by atoms with Crippen LogP contribution in [0.15, 0.2) is 24.3 Å². The first kappa shape index (κ1) is 20.6. The van der Waals surface area contributed by atoms with Gasteiger partial charge >= 0.3 is 0 Å². The molecule has 2 fully saturated rings. The lowest BCUT2D eigenvalue weighted by atomic mass is 9.81. The van der Waals surface area contributed by atoms with Gasteiger partial charge in [0, 0.05) is 18.7 Å². The molecule has 2 unspecified atom stereocenters. The van der Waals surface area contributed by atoms with Gasteiger partial charge in [0.25, 0.3) is 5.91 Å². The highest BCUT2D eigenvalue weighted by Crippen LogP contribution is 2.37.